The largest absolute Gasteiger partial charge is 0.459 e. The lowest BCUT2D eigenvalue weighted by molar-refractivity contribution is -0.155. The SMILES string of the molecule is CC(C)C1C=C(C(=O)NCc2ccc(F)cc2)OC(OCCOCCO)C1. The van der Waals surface area contributed by atoms with Gasteiger partial charge in [0.25, 0.3) is 5.91 Å². The Kier molecular flexibility index (Phi) is 8.71. The Morgan fingerprint density at radius 2 is 2.04 bits per heavy atom. The molecule has 2 N–H and O–H groups in total. The van der Waals surface area contributed by atoms with Gasteiger partial charge in [-0.05, 0) is 35.6 Å². The average molecular weight is 381 g/mol. The van der Waals surface area contributed by atoms with Crippen LogP contribution in [-0.2, 0) is 25.5 Å². The minimum Gasteiger partial charge on any atom is -0.459 e. The van der Waals surface area contributed by atoms with E-state index in [1.54, 1.807) is 12.1 Å². The number of aliphatic hydroxyl groups excluding tert-OH is 1. The zero-order valence-corrected chi connectivity index (χ0v) is 15.8. The van der Waals surface area contributed by atoms with Crippen LogP contribution >= 0.6 is 0 Å². The van der Waals surface area contributed by atoms with E-state index in [1.807, 2.05) is 6.08 Å². The molecular weight excluding hydrogens is 353 g/mol. The van der Waals surface area contributed by atoms with Gasteiger partial charge in [-0.3, -0.25) is 4.79 Å². The van der Waals surface area contributed by atoms with Crippen molar-refractivity contribution in [3.63, 3.8) is 0 Å². The third-order valence-electron chi connectivity index (χ3n) is 4.30. The molecule has 6 nitrogen and oxygen atoms in total. The number of nitrogens with one attached hydrogen (secondary N) is 1. The quantitative estimate of drug-likeness (QED) is 0.609. The number of hydrogen-bond donors (Lipinski definition) is 2. The summed E-state index contributed by atoms with van der Waals surface area (Å²) in [5.74, 6) is 0.100. The lowest BCUT2D eigenvalue weighted by Gasteiger charge is -2.30. The summed E-state index contributed by atoms with van der Waals surface area (Å²) in [4.78, 5) is 12.5. The van der Waals surface area contributed by atoms with Crippen molar-refractivity contribution in [2.45, 2.75) is 33.1 Å². The van der Waals surface area contributed by atoms with E-state index in [9.17, 15) is 9.18 Å². The molecule has 0 radical (unpaired) electrons. The standard InChI is InChI=1S/C20H28FNO5/c1-14(2)16-11-18(27-19(12-16)26-10-9-25-8-7-23)20(24)22-13-15-3-5-17(21)6-4-15/h3-6,11,14,16,19,23H,7-10,12-13H2,1-2H3,(H,22,24). The molecule has 2 unspecified atom stereocenters. The Morgan fingerprint density at radius 1 is 1.30 bits per heavy atom. The number of allylic oxidation sites excluding steroid dienone is 1. The minimum atomic E-state index is -0.522. The third-order valence-corrected chi connectivity index (χ3v) is 4.30. The molecule has 0 fully saturated rings. The molecule has 150 valence electrons. The van der Waals surface area contributed by atoms with Crippen LogP contribution in [0.25, 0.3) is 0 Å². The van der Waals surface area contributed by atoms with Crippen LogP contribution < -0.4 is 5.32 Å². The predicted molar refractivity (Wildman–Crippen MR) is 98.0 cm³/mol. The Morgan fingerprint density at radius 3 is 2.70 bits per heavy atom. The minimum absolute atomic E-state index is 0.0313. The predicted octanol–water partition coefficient (Wildman–Crippen LogP) is 2.37. The molecule has 2 rings (SSSR count). The van der Waals surface area contributed by atoms with Crippen LogP contribution in [0.5, 0.6) is 0 Å². The number of carbonyl (C=O) groups is 1. The summed E-state index contributed by atoms with van der Waals surface area (Å²) < 4.78 is 29.5. The summed E-state index contributed by atoms with van der Waals surface area (Å²) in [6.07, 6.45) is 1.98. The molecule has 1 aliphatic rings. The van der Waals surface area contributed by atoms with Crippen LogP contribution in [0.4, 0.5) is 4.39 Å². The summed E-state index contributed by atoms with van der Waals surface area (Å²) in [7, 11) is 0. The van der Waals surface area contributed by atoms with E-state index in [0.29, 0.717) is 25.6 Å². The fourth-order valence-electron chi connectivity index (χ4n) is 2.69. The highest BCUT2D eigenvalue weighted by molar-refractivity contribution is 5.91. The number of carbonyl (C=O) groups excluding carboxylic acids is 1. The number of halogens is 1. The molecule has 1 aliphatic heterocycles. The van der Waals surface area contributed by atoms with Gasteiger partial charge >= 0.3 is 0 Å². The summed E-state index contributed by atoms with van der Waals surface area (Å²) >= 11 is 0. The van der Waals surface area contributed by atoms with Crippen LogP contribution in [0.15, 0.2) is 36.1 Å². The Balaban J connectivity index is 1.89. The van der Waals surface area contributed by atoms with Gasteiger partial charge in [0.05, 0.1) is 26.4 Å². The van der Waals surface area contributed by atoms with E-state index in [1.165, 1.54) is 12.1 Å². The van der Waals surface area contributed by atoms with Gasteiger partial charge in [0, 0.05) is 13.0 Å². The topological polar surface area (TPSA) is 77.0 Å². The maximum Gasteiger partial charge on any atom is 0.286 e. The fourth-order valence-corrected chi connectivity index (χ4v) is 2.69. The molecule has 2 atom stereocenters. The molecule has 0 spiro atoms. The Labute approximate surface area is 159 Å². The second kappa shape index (κ2) is 11.0. The van der Waals surface area contributed by atoms with E-state index in [0.717, 1.165) is 5.56 Å². The van der Waals surface area contributed by atoms with E-state index in [4.69, 9.17) is 19.3 Å². The molecule has 7 heteroatoms. The lowest BCUT2D eigenvalue weighted by Crippen LogP contribution is -2.34. The number of amides is 1. The van der Waals surface area contributed by atoms with E-state index in [-0.39, 0.29) is 43.2 Å². The van der Waals surface area contributed by atoms with Crippen molar-refractivity contribution in [3.8, 4) is 0 Å². The van der Waals surface area contributed by atoms with Crippen molar-refractivity contribution in [2.24, 2.45) is 11.8 Å². The highest BCUT2D eigenvalue weighted by Crippen LogP contribution is 2.28. The van der Waals surface area contributed by atoms with Crippen molar-refractivity contribution < 1.29 is 28.5 Å². The van der Waals surface area contributed by atoms with Crippen molar-refractivity contribution in [3.05, 3.63) is 47.5 Å². The van der Waals surface area contributed by atoms with Gasteiger partial charge < -0.3 is 24.6 Å². The van der Waals surface area contributed by atoms with Gasteiger partial charge in [0.15, 0.2) is 5.76 Å². The monoisotopic (exact) mass is 381 g/mol. The van der Waals surface area contributed by atoms with Crippen LogP contribution in [-0.4, -0.2) is 43.7 Å². The Hall–Kier alpha value is -1.96. The second-order valence-corrected chi connectivity index (χ2v) is 6.74. The molecule has 0 saturated carbocycles. The number of rotatable bonds is 10. The fraction of sp³-hybridized carbons (Fsp3) is 0.550. The van der Waals surface area contributed by atoms with Gasteiger partial charge in [-0.1, -0.05) is 26.0 Å². The average Bonchev–Trinajstić information content (AvgIpc) is 2.67. The molecule has 1 aromatic rings. The molecule has 1 amide bonds. The maximum atomic E-state index is 13.0. The van der Waals surface area contributed by atoms with Crippen molar-refractivity contribution >= 4 is 5.91 Å². The smallest absolute Gasteiger partial charge is 0.286 e. The Bertz CT molecular complexity index is 617. The van der Waals surface area contributed by atoms with Gasteiger partial charge in [-0.2, -0.15) is 0 Å². The van der Waals surface area contributed by atoms with Gasteiger partial charge in [0.2, 0.25) is 6.29 Å². The number of benzene rings is 1. The number of hydrogen-bond acceptors (Lipinski definition) is 5. The van der Waals surface area contributed by atoms with Crippen LogP contribution in [0.2, 0.25) is 0 Å². The van der Waals surface area contributed by atoms with Crippen molar-refractivity contribution in [1.29, 1.82) is 0 Å². The van der Waals surface area contributed by atoms with Crippen molar-refractivity contribution in [2.75, 3.05) is 26.4 Å². The molecule has 0 saturated heterocycles. The van der Waals surface area contributed by atoms with Crippen LogP contribution in [0, 0.1) is 17.7 Å². The highest BCUT2D eigenvalue weighted by atomic mass is 19.1. The zero-order chi connectivity index (χ0) is 19.6. The second-order valence-electron chi connectivity index (χ2n) is 6.74. The molecule has 0 aliphatic carbocycles. The first-order valence-electron chi connectivity index (χ1n) is 9.21. The summed E-state index contributed by atoms with van der Waals surface area (Å²) in [6, 6.07) is 5.96. The first-order chi connectivity index (χ1) is 13.0. The first kappa shape index (κ1) is 21.3. The van der Waals surface area contributed by atoms with E-state index >= 15 is 0 Å². The first-order valence-corrected chi connectivity index (χ1v) is 9.21. The zero-order valence-electron chi connectivity index (χ0n) is 15.8. The maximum absolute atomic E-state index is 13.0. The van der Waals surface area contributed by atoms with Crippen LogP contribution in [0.3, 0.4) is 0 Å². The normalized spacial score (nSPS) is 19.5. The lowest BCUT2D eigenvalue weighted by atomic mass is 9.90. The highest BCUT2D eigenvalue weighted by Gasteiger charge is 2.29. The van der Waals surface area contributed by atoms with Crippen LogP contribution in [0.1, 0.15) is 25.8 Å². The molecular formula is C20H28FNO5. The van der Waals surface area contributed by atoms with Gasteiger partial charge in [-0.15, -0.1) is 0 Å². The van der Waals surface area contributed by atoms with Gasteiger partial charge in [-0.25, -0.2) is 4.39 Å². The van der Waals surface area contributed by atoms with Crippen molar-refractivity contribution in [1.82, 2.24) is 5.32 Å². The van der Waals surface area contributed by atoms with E-state index < -0.39 is 6.29 Å². The van der Waals surface area contributed by atoms with E-state index in [2.05, 4.69) is 19.2 Å². The molecule has 1 heterocycles. The number of aliphatic hydroxyl groups is 1. The molecule has 0 bridgehead atoms. The molecule has 27 heavy (non-hydrogen) atoms. The summed E-state index contributed by atoms with van der Waals surface area (Å²) in [5, 5.41) is 11.5. The summed E-state index contributed by atoms with van der Waals surface area (Å²) in [5.41, 5.74) is 0.801. The molecule has 1 aromatic carbocycles. The van der Waals surface area contributed by atoms with Gasteiger partial charge in [0.1, 0.15) is 5.82 Å². The summed E-state index contributed by atoms with van der Waals surface area (Å²) in [6.45, 7) is 5.36. The number of ether oxygens (including phenoxy) is 3. The molecule has 0 aromatic heterocycles. The third kappa shape index (κ3) is 7.28.